The maximum atomic E-state index is 4.36. The summed E-state index contributed by atoms with van der Waals surface area (Å²) in [6.07, 6.45) is 2.81. The summed E-state index contributed by atoms with van der Waals surface area (Å²) >= 11 is 0. The average molecular weight is 269 g/mol. The number of benzene rings is 1. The molecule has 2 aromatic rings. The highest BCUT2D eigenvalue weighted by Crippen LogP contribution is 2.18. The van der Waals surface area contributed by atoms with Crippen molar-refractivity contribution in [2.45, 2.75) is 19.4 Å². The molecule has 106 valence electrons. The summed E-state index contributed by atoms with van der Waals surface area (Å²) in [4.78, 5) is 6.62. The lowest BCUT2D eigenvalue weighted by atomic mass is 10.1. The van der Waals surface area contributed by atoms with Crippen LogP contribution in [0.1, 0.15) is 24.2 Å². The molecule has 0 saturated heterocycles. The Labute approximate surface area is 121 Å². The number of pyridine rings is 1. The van der Waals surface area contributed by atoms with Gasteiger partial charge in [-0.15, -0.1) is 0 Å². The highest BCUT2D eigenvalue weighted by Gasteiger charge is 2.05. The molecule has 1 unspecified atom stereocenters. The summed E-state index contributed by atoms with van der Waals surface area (Å²) in [6, 6.07) is 15.2. The fourth-order valence-corrected chi connectivity index (χ4v) is 2.14. The Morgan fingerprint density at radius 3 is 2.50 bits per heavy atom. The first-order valence-electron chi connectivity index (χ1n) is 7.09. The lowest BCUT2D eigenvalue weighted by Crippen LogP contribution is -2.20. The number of aromatic nitrogens is 1. The van der Waals surface area contributed by atoms with E-state index in [1.54, 1.807) is 0 Å². The molecule has 0 amide bonds. The summed E-state index contributed by atoms with van der Waals surface area (Å²) in [5.74, 6) is 0. The number of nitrogens with one attached hydrogen (secondary N) is 1. The Kier molecular flexibility index (Phi) is 5.13. The Bertz CT molecular complexity index is 508. The first kappa shape index (κ1) is 14.5. The van der Waals surface area contributed by atoms with Gasteiger partial charge in [0.1, 0.15) is 0 Å². The normalized spacial score (nSPS) is 12.2. The number of nitrogens with zero attached hydrogens (tertiary/aromatic N) is 2. The number of likely N-dealkylation sites (N-methyl/N-ethyl adjacent to an activating group) is 1. The smallest absolute Gasteiger partial charge is 0.0421 e. The van der Waals surface area contributed by atoms with Gasteiger partial charge in [-0.1, -0.05) is 18.2 Å². The SMILES string of the molecule is CNC(C)c1ccc(N(C)CCc2ccccn2)cc1. The third-order valence-electron chi connectivity index (χ3n) is 3.70. The topological polar surface area (TPSA) is 28.2 Å². The Morgan fingerprint density at radius 1 is 1.15 bits per heavy atom. The van der Waals surface area contributed by atoms with Crippen LogP contribution in [0.15, 0.2) is 48.7 Å². The molecule has 1 heterocycles. The van der Waals surface area contributed by atoms with Gasteiger partial charge in [0.2, 0.25) is 0 Å². The van der Waals surface area contributed by atoms with E-state index in [9.17, 15) is 0 Å². The molecule has 3 heteroatoms. The van der Waals surface area contributed by atoms with Crippen molar-refractivity contribution in [3.05, 3.63) is 59.9 Å². The number of anilines is 1. The molecule has 20 heavy (non-hydrogen) atoms. The van der Waals surface area contributed by atoms with Gasteiger partial charge in [0.25, 0.3) is 0 Å². The van der Waals surface area contributed by atoms with Crippen molar-refractivity contribution in [2.75, 3.05) is 25.5 Å². The maximum absolute atomic E-state index is 4.36. The second kappa shape index (κ2) is 7.06. The third kappa shape index (κ3) is 3.81. The average Bonchev–Trinajstić information content (AvgIpc) is 2.53. The number of rotatable bonds is 6. The predicted molar refractivity (Wildman–Crippen MR) is 85.1 cm³/mol. The molecular formula is C17H23N3. The summed E-state index contributed by atoms with van der Waals surface area (Å²) in [5.41, 5.74) is 3.70. The third-order valence-corrected chi connectivity index (χ3v) is 3.70. The Hall–Kier alpha value is -1.87. The van der Waals surface area contributed by atoms with Crippen LogP contribution in [0.2, 0.25) is 0 Å². The molecule has 0 aliphatic heterocycles. The Balaban J connectivity index is 1.94. The van der Waals surface area contributed by atoms with Gasteiger partial charge in [0.05, 0.1) is 0 Å². The fraction of sp³-hybridized carbons (Fsp3) is 0.353. The second-order valence-electron chi connectivity index (χ2n) is 5.09. The van der Waals surface area contributed by atoms with Gasteiger partial charge >= 0.3 is 0 Å². The van der Waals surface area contributed by atoms with E-state index >= 15 is 0 Å². The van der Waals surface area contributed by atoms with E-state index in [1.165, 1.54) is 11.3 Å². The molecule has 0 aliphatic rings. The molecule has 0 spiro atoms. The zero-order chi connectivity index (χ0) is 14.4. The molecule has 1 aromatic carbocycles. The van der Waals surface area contributed by atoms with Crippen molar-refractivity contribution in [1.82, 2.24) is 10.3 Å². The van der Waals surface area contributed by atoms with E-state index < -0.39 is 0 Å². The minimum Gasteiger partial charge on any atom is -0.374 e. The maximum Gasteiger partial charge on any atom is 0.0421 e. The van der Waals surface area contributed by atoms with Gasteiger partial charge in [0, 0.05) is 43.6 Å². The monoisotopic (exact) mass is 269 g/mol. The van der Waals surface area contributed by atoms with E-state index in [4.69, 9.17) is 0 Å². The molecule has 1 N–H and O–H groups in total. The zero-order valence-electron chi connectivity index (χ0n) is 12.5. The van der Waals surface area contributed by atoms with Crippen LogP contribution in [0.3, 0.4) is 0 Å². The predicted octanol–water partition coefficient (Wildman–Crippen LogP) is 3.04. The number of hydrogen-bond donors (Lipinski definition) is 1. The summed E-state index contributed by atoms with van der Waals surface area (Å²) in [7, 11) is 4.11. The Morgan fingerprint density at radius 2 is 1.90 bits per heavy atom. The second-order valence-corrected chi connectivity index (χ2v) is 5.09. The van der Waals surface area contributed by atoms with Crippen LogP contribution < -0.4 is 10.2 Å². The first-order chi connectivity index (χ1) is 9.70. The van der Waals surface area contributed by atoms with Crippen molar-refractivity contribution < 1.29 is 0 Å². The highest BCUT2D eigenvalue weighted by molar-refractivity contribution is 5.47. The van der Waals surface area contributed by atoms with Gasteiger partial charge in [-0.05, 0) is 43.8 Å². The van der Waals surface area contributed by atoms with E-state index in [0.29, 0.717) is 6.04 Å². The minimum absolute atomic E-state index is 0.392. The summed E-state index contributed by atoms with van der Waals surface area (Å²) in [6.45, 7) is 3.14. The van der Waals surface area contributed by atoms with E-state index in [2.05, 4.69) is 59.5 Å². The molecule has 3 nitrogen and oxygen atoms in total. The van der Waals surface area contributed by atoms with Crippen LogP contribution in [-0.2, 0) is 6.42 Å². The van der Waals surface area contributed by atoms with Crippen molar-refractivity contribution in [3.8, 4) is 0 Å². The van der Waals surface area contributed by atoms with Crippen molar-refractivity contribution in [2.24, 2.45) is 0 Å². The molecule has 2 rings (SSSR count). The fourth-order valence-electron chi connectivity index (χ4n) is 2.14. The molecule has 1 atom stereocenters. The van der Waals surface area contributed by atoms with Gasteiger partial charge < -0.3 is 10.2 Å². The molecule has 0 radical (unpaired) electrons. The van der Waals surface area contributed by atoms with E-state index in [-0.39, 0.29) is 0 Å². The quantitative estimate of drug-likeness (QED) is 0.873. The highest BCUT2D eigenvalue weighted by atomic mass is 15.1. The number of hydrogen-bond acceptors (Lipinski definition) is 3. The van der Waals surface area contributed by atoms with E-state index in [0.717, 1.165) is 18.7 Å². The van der Waals surface area contributed by atoms with Crippen molar-refractivity contribution in [3.63, 3.8) is 0 Å². The van der Waals surface area contributed by atoms with Crippen LogP contribution in [0.25, 0.3) is 0 Å². The zero-order valence-corrected chi connectivity index (χ0v) is 12.5. The van der Waals surface area contributed by atoms with Gasteiger partial charge in [0.15, 0.2) is 0 Å². The van der Waals surface area contributed by atoms with Crippen molar-refractivity contribution in [1.29, 1.82) is 0 Å². The van der Waals surface area contributed by atoms with Crippen LogP contribution in [0, 0.1) is 0 Å². The molecular weight excluding hydrogens is 246 g/mol. The lowest BCUT2D eigenvalue weighted by molar-refractivity contribution is 0.652. The van der Waals surface area contributed by atoms with Gasteiger partial charge in [-0.3, -0.25) is 4.98 Å². The summed E-state index contributed by atoms with van der Waals surface area (Å²) < 4.78 is 0. The van der Waals surface area contributed by atoms with Crippen LogP contribution in [0.5, 0.6) is 0 Å². The van der Waals surface area contributed by atoms with Crippen LogP contribution >= 0.6 is 0 Å². The molecule has 0 saturated carbocycles. The van der Waals surface area contributed by atoms with Gasteiger partial charge in [-0.25, -0.2) is 0 Å². The van der Waals surface area contributed by atoms with Gasteiger partial charge in [-0.2, -0.15) is 0 Å². The molecule has 1 aromatic heterocycles. The molecule has 0 aliphatic carbocycles. The first-order valence-corrected chi connectivity index (χ1v) is 7.09. The largest absolute Gasteiger partial charge is 0.374 e. The van der Waals surface area contributed by atoms with Crippen molar-refractivity contribution >= 4 is 5.69 Å². The van der Waals surface area contributed by atoms with E-state index in [1.807, 2.05) is 25.4 Å². The standard InChI is InChI=1S/C17H23N3/c1-14(18-2)15-7-9-17(10-8-15)20(3)13-11-16-6-4-5-12-19-16/h4-10,12,14,18H,11,13H2,1-3H3. The summed E-state index contributed by atoms with van der Waals surface area (Å²) in [5, 5.41) is 3.25. The van der Waals surface area contributed by atoms with Crippen LogP contribution in [0.4, 0.5) is 5.69 Å². The lowest BCUT2D eigenvalue weighted by Gasteiger charge is -2.20. The molecule has 0 fully saturated rings. The minimum atomic E-state index is 0.392. The molecule has 0 bridgehead atoms. The van der Waals surface area contributed by atoms with Crippen LogP contribution in [-0.4, -0.2) is 25.6 Å².